The van der Waals surface area contributed by atoms with Crippen LogP contribution in [0.15, 0.2) is 5.03 Å². The van der Waals surface area contributed by atoms with Crippen LogP contribution in [0.1, 0.15) is 18.2 Å². The SMILES string of the molecule is CCc1nc(N)nc(S(C)(=O)=O)c1C. The van der Waals surface area contributed by atoms with E-state index in [2.05, 4.69) is 9.97 Å². The summed E-state index contributed by atoms with van der Waals surface area (Å²) in [6, 6.07) is 0. The van der Waals surface area contributed by atoms with Crippen LogP contribution in [0, 0.1) is 6.92 Å². The minimum absolute atomic E-state index is 0.00729. The van der Waals surface area contributed by atoms with Gasteiger partial charge in [0.1, 0.15) is 0 Å². The molecule has 1 rings (SSSR count). The van der Waals surface area contributed by atoms with Crippen molar-refractivity contribution in [1.29, 1.82) is 0 Å². The van der Waals surface area contributed by atoms with E-state index in [4.69, 9.17) is 5.73 Å². The number of hydrogen-bond donors (Lipinski definition) is 1. The number of aromatic nitrogens is 2. The molecule has 1 heterocycles. The van der Waals surface area contributed by atoms with Crippen LogP contribution < -0.4 is 5.73 Å². The molecule has 0 amide bonds. The normalized spacial score (nSPS) is 11.6. The van der Waals surface area contributed by atoms with Gasteiger partial charge < -0.3 is 5.73 Å². The molecule has 2 N–H and O–H groups in total. The lowest BCUT2D eigenvalue weighted by Crippen LogP contribution is -2.10. The van der Waals surface area contributed by atoms with Crippen LogP contribution in [0.2, 0.25) is 0 Å². The third-order valence-electron chi connectivity index (χ3n) is 1.91. The Bertz CT molecular complexity index is 454. The number of hydrogen-bond acceptors (Lipinski definition) is 5. The molecule has 1 aromatic heterocycles. The molecular weight excluding hydrogens is 202 g/mol. The van der Waals surface area contributed by atoms with Gasteiger partial charge in [0.25, 0.3) is 0 Å². The van der Waals surface area contributed by atoms with E-state index in [9.17, 15) is 8.42 Å². The van der Waals surface area contributed by atoms with Crippen LogP contribution in [0.5, 0.6) is 0 Å². The van der Waals surface area contributed by atoms with Gasteiger partial charge in [0.05, 0.1) is 0 Å². The maximum Gasteiger partial charge on any atom is 0.221 e. The van der Waals surface area contributed by atoms with E-state index in [0.29, 0.717) is 17.7 Å². The van der Waals surface area contributed by atoms with Crippen LogP contribution in [0.4, 0.5) is 5.95 Å². The van der Waals surface area contributed by atoms with E-state index in [1.165, 1.54) is 0 Å². The molecule has 0 radical (unpaired) electrons. The summed E-state index contributed by atoms with van der Waals surface area (Å²) in [6.45, 7) is 3.58. The lowest BCUT2D eigenvalue weighted by atomic mass is 10.2. The fourth-order valence-corrected chi connectivity index (χ4v) is 2.20. The molecule has 0 saturated heterocycles. The number of rotatable bonds is 2. The van der Waals surface area contributed by atoms with Crippen molar-refractivity contribution in [1.82, 2.24) is 9.97 Å². The molecule has 0 aliphatic rings. The number of nitrogens with two attached hydrogens (primary N) is 1. The Morgan fingerprint density at radius 3 is 2.36 bits per heavy atom. The Balaban J connectivity index is 3.53. The lowest BCUT2D eigenvalue weighted by Gasteiger charge is -2.07. The monoisotopic (exact) mass is 215 g/mol. The number of anilines is 1. The average molecular weight is 215 g/mol. The van der Waals surface area contributed by atoms with Crippen molar-refractivity contribution in [3.8, 4) is 0 Å². The van der Waals surface area contributed by atoms with Crippen molar-refractivity contribution >= 4 is 15.8 Å². The summed E-state index contributed by atoms with van der Waals surface area (Å²) >= 11 is 0. The molecule has 14 heavy (non-hydrogen) atoms. The molecule has 0 aliphatic carbocycles. The largest absolute Gasteiger partial charge is 0.368 e. The van der Waals surface area contributed by atoms with Gasteiger partial charge in [0, 0.05) is 17.5 Å². The molecule has 6 heteroatoms. The Morgan fingerprint density at radius 1 is 1.36 bits per heavy atom. The molecule has 0 saturated carbocycles. The third kappa shape index (κ3) is 2.01. The summed E-state index contributed by atoms with van der Waals surface area (Å²) in [7, 11) is -3.32. The molecule has 0 aromatic carbocycles. The zero-order chi connectivity index (χ0) is 10.9. The smallest absolute Gasteiger partial charge is 0.221 e. The minimum Gasteiger partial charge on any atom is -0.368 e. The molecular formula is C8H13N3O2S. The van der Waals surface area contributed by atoms with Crippen LogP contribution in [0.3, 0.4) is 0 Å². The fourth-order valence-electron chi connectivity index (χ4n) is 1.26. The first-order valence-corrected chi connectivity index (χ1v) is 6.08. The zero-order valence-electron chi connectivity index (χ0n) is 8.40. The first-order valence-electron chi connectivity index (χ1n) is 4.19. The Hall–Kier alpha value is -1.17. The number of sulfone groups is 1. The summed E-state index contributed by atoms with van der Waals surface area (Å²) in [6.07, 6.45) is 1.75. The Kier molecular flexibility index (Phi) is 2.75. The summed E-state index contributed by atoms with van der Waals surface area (Å²) in [5.74, 6) is 0.00729. The van der Waals surface area contributed by atoms with Gasteiger partial charge in [-0.15, -0.1) is 0 Å². The van der Waals surface area contributed by atoms with Crippen molar-refractivity contribution in [2.75, 3.05) is 12.0 Å². The number of nitrogens with zero attached hydrogens (tertiary/aromatic N) is 2. The second-order valence-electron chi connectivity index (χ2n) is 3.08. The first kappa shape index (κ1) is 10.9. The zero-order valence-corrected chi connectivity index (χ0v) is 9.22. The summed E-state index contributed by atoms with van der Waals surface area (Å²) in [5, 5.41) is 0.0295. The molecule has 0 aliphatic heterocycles. The van der Waals surface area contributed by atoms with E-state index in [-0.39, 0.29) is 11.0 Å². The molecule has 0 spiro atoms. The molecule has 0 unspecified atom stereocenters. The van der Waals surface area contributed by atoms with E-state index in [0.717, 1.165) is 6.26 Å². The van der Waals surface area contributed by atoms with Gasteiger partial charge in [0.15, 0.2) is 14.9 Å². The predicted octanol–water partition coefficient (Wildman–Crippen LogP) is 0.333. The van der Waals surface area contributed by atoms with Gasteiger partial charge >= 0.3 is 0 Å². The van der Waals surface area contributed by atoms with Crippen molar-refractivity contribution in [3.63, 3.8) is 0 Å². The van der Waals surface area contributed by atoms with Crippen LogP contribution in [0.25, 0.3) is 0 Å². The third-order valence-corrected chi connectivity index (χ3v) is 3.01. The number of nitrogen functional groups attached to an aromatic ring is 1. The minimum atomic E-state index is -3.32. The average Bonchev–Trinajstić information content (AvgIpc) is 2.06. The topological polar surface area (TPSA) is 85.9 Å². The molecule has 0 fully saturated rings. The van der Waals surface area contributed by atoms with E-state index in [1.807, 2.05) is 6.92 Å². The molecule has 5 nitrogen and oxygen atoms in total. The highest BCUT2D eigenvalue weighted by Crippen LogP contribution is 2.16. The maximum atomic E-state index is 11.3. The number of aryl methyl sites for hydroxylation is 1. The van der Waals surface area contributed by atoms with Gasteiger partial charge in [-0.1, -0.05) is 6.92 Å². The molecule has 1 aromatic rings. The highest BCUT2D eigenvalue weighted by Gasteiger charge is 2.16. The predicted molar refractivity (Wildman–Crippen MR) is 53.7 cm³/mol. The van der Waals surface area contributed by atoms with Crippen LogP contribution in [-0.2, 0) is 16.3 Å². The van der Waals surface area contributed by atoms with Gasteiger partial charge in [-0.3, -0.25) is 0 Å². The van der Waals surface area contributed by atoms with Crippen molar-refractivity contribution in [2.24, 2.45) is 0 Å². The highest BCUT2D eigenvalue weighted by molar-refractivity contribution is 7.90. The summed E-state index contributed by atoms with van der Waals surface area (Å²) in [5.41, 5.74) is 6.68. The Morgan fingerprint density at radius 2 is 1.93 bits per heavy atom. The van der Waals surface area contributed by atoms with Crippen molar-refractivity contribution in [3.05, 3.63) is 11.3 Å². The summed E-state index contributed by atoms with van der Waals surface area (Å²) < 4.78 is 22.7. The Labute approximate surface area is 83.3 Å². The van der Waals surface area contributed by atoms with Gasteiger partial charge in [-0.25, -0.2) is 18.4 Å². The first-order chi connectivity index (χ1) is 6.36. The lowest BCUT2D eigenvalue weighted by molar-refractivity contribution is 0.596. The van der Waals surface area contributed by atoms with Crippen molar-refractivity contribution < 1.29 is 8.42 Å². The standard InChI is InChI=1S/C8H13N3O2S/c1-4-6-5(2)7(14(3,12)13)11-8(9)10-6/h4H2,1-3H3,(H2,9,10,11). The quantitative estimate of drug-likeness (QED) is 0.718. The van der Waals surface area contributed by atoms with Crippen LogP contribution >= 0.6 is 0 Å². The maximum absolute atomic E-state index is 11.3. The highest BCUT2D eigenvalue weighted by atomic mass is 32.2. The van der Waals surface area contributed by atoms with E-state index in [1.54, 1.807) is 6.92 Å². The molecule has 78 valence electrons. The van der Waals surface area contributed by atoms with E-state index >= 15 is 0 Å². The van der Waals surface area contributed by atoms with E-state index < -0.39 is 9.84 Å². The summed E-state index contributed by atoms with van der Waals surface area (Å²) in [4.78, 5) is 7.70. The van der Waals surface area contributed by atoms with Crippen LogP contribution in [-0.4, -0.2) is 24.6 Å². The molecule has 0 atom stereocenters. The van der Waals surface area contributed by atoms with Crippen molar-refractivity contribution in [2.45, 2.75) is 25.3 Å². The second-order valence-corrected chi connectivity index (χ2v) is 5.02. The van der Waals surface area contributed by atoms with Gasteiger partial charge in [0.2, 0.25) is 5.95 Å². The fraction of sp³-hybridized carbons (Fsp3) is 0.500. The van der Waals surface area contributed by atoms with Gasteiger partial charge in [-0.05, 0) is 13.3 Å². The second kappa shape index (κ2) is 3.53. The van der Waals surface area contributed by atoms with Gasteiger partial charge in [-0.2, -0.15) is 0 Å². The molecule has 0 bridgehead atoms.